The van der Waals surface area contributed by atoms with Crippen molar-refractivity contribution in [3.05, 3.63) is 23.8 Å². The number of anilines is 1. The van der Waals surface area contributed by atoms with E-state index in [0.717, 1.165) is 17.0 Å². The Morgan fingerprint density at radius 3 is 3.07 bits per heavy atom. The van der Waals surface area contributed by atoms with E-state index in [1.54, 1.807) is 0 Å². The largest absolute Gasteiger partial charge is 0.488 e. The summed E-state index contributed by atoms with van der Waals surface area (Å²) in [5.41, 5.74) is 1.89. The monoisotopic (exact) mass is 191 g/mol. The maximum atomic E-state index is 11.4. The number of rotatable bonds is 0. The van der Waals surface area contributed by atoms with E-state index in [-0.39, 0.29) is 12.0 Å². The number of carbonyl (C=O) groups is 1. The highest BCUT2D eigenvalue weighted by Gasteiger charge is 2.18. The number of hydrogen-bond acceptors (Lipinski definition) is 2. The molecule has 0 unspecified atom stereocenters. The molecule has 0 radical (unpaired) electrons. The fourth-order valence-electron chi connectivity index (χ4n) is 1.57. The Kier molecular flexibility index (Phi) is 2.15. The SMILES string of the molecule is Cc1ccc2c(c1)NC(=O)C[C@@H](C)O2. The molecule has 1 amide bonds. The molecule has 74 valence electrons. The first-order valence-electron chi connectivity index (χ1n) is 4.72. The lowest BCUT2D eigenvalue weighted by atomic mass is 10.2. The average molecular weight is 191 g/mol. The van der Waals surface area contributed by atoms with Crippen LogP contribution in [0.4, 0.5) is 5.69 Å². The van der Waals surface area contributed by atoms with Crippen LogP contribution in [-0.2, 0) is 4.79 Å². The summed E-state index contributed by atoms with van der Waals surface area (Å²) < 4.78 is 5.60. The van der Waals surface area contributed by atoms with E-state index in [2.05, 4.69) is 5.32 Å². The molecule has 1 heterocycles. The van der Waals surface area contributed by atoms with Gasteiger partial charge in [0.15, 0.2) is 0 Å². The number of nitrogens with one attached hydrogen (secondary N) is 1. The first-order chi connectivity index (χ1) is 6.65. The van der Waals surface area contributed by atoms with Crippen molar-refractivity contribution in [3.63, 3.8) is 0 Å². The molecule has 1 aromatic carbocycles. The van der Waals surface area contributed by atoms with Gasteiger partial charge in [0.05, 0.1) is 12.1 Å². The highest BCUT2D eigenvalue weighted by molar-refractivity contribution is 5.93. The van der Waals surface area contributed by atoms with Gasteiger partial charge in [-0.2, -0.15) is 0 Å². The second-order valence-electron chi connectivity index (χ2n) is 3.68. The summed E-state index contributed by atoms with van der Waals surface area (Å²) in [6.45, 7) is 3.88. The molecule has 0 aliphatic carbocycles. The van der Waals surface area contributed by atoms with Crippen LogP contribution in [0.2, 0.25) is 0 Å². The number of ether oxygens (including phenoxy) is 1. The van der Waals surface area contributed by atoms with Crippen LogP contribution in [0, 0.1) is 6.92 Å². The minimum atomic E-state index is -0.0565. The van der Waals surface area contributed by atoms with Gasteiger partial charge >= 0.3 is 0 Å². The van der Waals surface area contributed by atoms with Gasteiger partial charge in [0.25, 0.3) is 0 Å². The van der Waals surface area contributed by atoms with Crippen LogP contribution in [0.5, 0.6) is 5.75 Å². The van der Waals surface area contributed by atoms with Crippen molar-refractivity contribution in [1.29, 1.82) is 0 Å². The molecular weight excluding hydrogens is 178 g/mol. The van der Waals surface area contributed by atoms with E-state index in [1.165, 1.54) is 0 Å². The van der Waals surface area contributed by atoms with E-state index in [4.69, 9.17) is 4.74 Å². The summed E-state index contributed by atoms with van der Waals surface area (Å²) in [4.78, 5) is 11.4. The summed E-state index contributed by atoms with van der Waals surface area (Å²) >= 11 is 0. The molecule has 0 saturated carbocycles. The summed E-state index contributed by atoms with van der Waals surface area (Å²) in [5, 5.41) is 2.83. The zero-order valence-corrected chi connectivity index (χ0v) is 8.33. The summed E-state index contributed by atoms with van der Waals surface area (Å²) in [5.74, 6) is 0.774. The van der Waals surface area contributed by atoms with Gasteiger partial charge in [-0.3, -0.25) is 4.79 Å². The van der Waals surface area contributed by atoms with Crippen molar-refractivity contribution in [1.82, 2.24) is 0 Å². The van der Waals surface area contributed by atoms with Gasteiger partial charge in [0.2, 0.25) is 5.91 Å². The van der Waals surface area contributed by atoms with Crippen molar-refractivity contribution < 1.29 is 9.53 Å². The third-order valence-corrected chi connectivity index (χ3v) is 2.21. The van der Waals surface area contributed by atoms with Crippen molar-refractivity contribution >= 4 is 11.6 Å². The van der Waals surface area contributed by atoms with Crippen LogP contribution < -0.4 is 10.1 Å². The normalized spacial score (nSPS) is 20.4. The fraction of sp³-hybridized carbons (Fsp3) is 0.364. The van der Waals surface area contributed by atoms with E-state index in [0.29, 0.717) is 6.42 Å². The molecule has 0 fully saturated rings. The van der Waals surface area contributed by atoms with Crippen LogP contribution in [0.3, 0.4) is 0 Å². The minimum Gasteiger partial charge on any atom is -0.488 e. The number of fused-ring (bicyclic) bond motifs is 1. The number of amides is 1. The minimum absolute atomic E-state index is 0.0156. The van der Waals surface area contributed by atoms with Crippen molar-refractivity contribution in [2.75, 3.05) is 5.32 Å². The van der Waals surface area contributed by atoms with Crippen molar-refractivity contribution in [2.24, 2.45) is 0 Å². The average Bonchev–Trinajstić information content (AvgIpc) is 2.21. The van der Waals surface area contributed by atoms with Crippen LogP contribution in [-0.4, -0.2) is 12.0 Å². The highest BCUT2D eigenvalue weighted by atomic mass is 16.5. The summed E-state index contributed by atoms with van der Waals surface area (Å²) in [6, 6.07) is 5.79. The van der Waals surface area contributed by atoms with Gasteiger partial charge < -0.3 is 10.1 Å². The third kappa shape index (κ3) is 1.71. The lowest BCUT2D eigenvalue weighted by Crippen LogP contribution is -2.17. The van der Waals surface area contributed by atoms with Gasteiger partial charge in [0, 0.05) is 0 Å². The quantitative estimate of drug-likeness (QED) is 0.682. The Bertz CT molecular complexity index is 374. The topological polar surface area (TPSA) is 38.3 Å². The van der Waals surface area contributed by atoms with Crippen LogP contribution >= 0.6 is 0 Å². The van der Waals surface area contributed by atoms with Crippen molar-refractivity contribution in [2.45, 2.75) is 26.4 Å². The van der Waals surface area contributed by atoms with E-state index in [1.807, 2.05) is 32.0 Å². The lowest BCUT2D eigenvalue weighted by molar-refractivity contribution is -0.117. The van der Waals surface area contributed by atoms with E-state index in [9.17, 15) is 4.79 Å². The predicted octanol–water partition coefficient (Wildman–Crippen LogP) is 2.10. The van der Waals surface area contributed by atoms with Crippen LogP contribution in [0.25, 0.3) is 0 Å². The number of benzene rings is 1. The predicted molar refractivity (Wildman–Crippen MR) is 54.5 cm³/mol. The fourth-order valence-corrected chi connectivity index (χ4v) is 1.57. The number of carbonyl (C=O) groups excluding carboxylic acids is 1. The number of aryl methyl sites for hydroxylation is 1. The van der Waals surface area contributed by atoms with Gasteiger partial charge in [-0.15, -0.1) is 0 Å². The molecule has 1 aliphatic rings. The molecule has 0 bridgehead atoms. The molecule has 3 nitrogen and oxygen atoms in total. The molecular formula is C11H13NO2. The second kappa shape index (κ2) is 3.33. The van der Waals surface area contributed by atoms with Crippen LogP contribution in [0.15, 0.2) is 18.2 Å². The van der Waals surface area contributed by atoms with Gasteiger partial charge in [0.1, 0.15) is 11.9 Å². The summed E-state index contributed by atoms with van der Waals surface area (Å²) in [7, 11) is 0. The zero-order valence-electron chi connectivity index (χ0n) is 8.33. The van der Waals surface area contributed by atoms with Gasteiger partial charge in [-0.1, -0.05) is 6.07 Å². The standard InChI is InChI=1S/C11H13NO2/c1-7-3-4-10-9(5-7)12-11(13)6-8(2)14-10/h3-5,8H,6H2,1-2H3,(H,12,13)/t8-/m1/s1. The molecule has 1 aromatic rings. The second-order valence-corrected chi connectivity index (χ2v) is 3.68. The molecule has 1 aliphatic heterocycles. The maximum Gasteiger partial charge on any atom is 0.228 e. The van der Waals surface area contributed by atoms with E-state index >= 15 is 0 Å². The molecule has 1 N–H and O–H groups in total. The Morgan fingerprint density at radius 2 is 2.29 bits per heavy atom. The Labute approximate surface area is 83.1 Å². The van der Waals surface area contributed by atoms with E-state index < -0.39 is 0 Å². The van der Waals surface area contributed by atoms with Gasteiger partial charge in [-0.05, 0) is 31.5 Å². The zero-order chi connectivity index (χ0) is 10.1. The maximum absolute atomic E-state index is 11.4. The molecule has 3 heteroatoms. The lowest BCUT2D eigenvalue weighted by Gasteiger charge is -2.11. The Morgan fingerprint density at radius 1 is 1.50 bits per heavy atom. The molecule has 0 aromatic heterocycles. The van der Waals surface area contributed by atoms with Gasteiger partial charge in [-0.25, -0.2) is 0 Å². The number of hydrogen-bond donors (Lipinski definition) is 1. The molecule has 1 atom stereocenters. The molecule has 14 heavy (non-hydrogen) atoms. The van der Waals surface area contributed by atoms with Crippen molar-refractivity contribution in [3.8, 4) is 5.75 Å². The molecule has 2 rings (SSSR count). The highest BCUT2D eigenvalue weighted by Crippen LogP contribution is 2.29. The first kappa shape index (κ1) is 9.06. The molecule has 0 saturated heterocycles. The molecule has 0 spiro atoms. The smallest absolute Gasteiger partial charge is 0.228 e. The van der Waals surface area contributed by atoms with Crippen LogP contribution in [0.1, 0.15) is 18.9 Å². The Hall–Kier alpha value is -1.51. The third-order valence-electron chi connectivity index (χ3n) is 2.21. The first-order valence-corrected chi connectivity index (χ1v) is 4.72. The Balaban J connectivity index is 2.41. The summed E-state index contributed by atoms with van der Waals surface area (Å²) in [6.07, 6.45) is 0.354.